The number of alkyl carbamates (subject to hydrolysis) is 2. The number of carbonyl (C=O) groups is 3. The predicted octanol–water partition coefficient (Wildman–Crippen LogP) is 8.14. The van der Waals surface area contributed by atoms with E-state index in [1.165, 1.54) is 14.2 Å². The van der Waals surface area contributed by atoms with Crippen LogP contribution in [0.4, 0.5) is 9.59 Å². The van der Waals surface area contributed by atoms with Crippen molar-refractivity contribution in [3.8, 4) is 39.5 Å². The number of quaternary nitrogens is 1. The molecular formula is C53H61N9O9. The first-order chi connectivity index (χ1) is 34.7. The normalized spacial score (nSPS) is 23.4. The molecule has 8 heterocycles. The van der Waals surface area contributed by atoms with Gasteiger partial charge in [0.05, 0.1) is 74.4 Å². The van der Waals surface area contributed by atoms with Crippen molar-refractivity contribution in [3.63, 3.8) is 0 Å². The molecule has 11 rings (SSSR count). The SMILES string of the molecule is COC(=O)N[C@H](C(=O)N1CCC[C@H]1c1ncc(-c2ccc3c(c2)cc2n3[C@@H](c3ccccc3)Oc3cc(-c4cnc([C@@H]5CCC[N+]5([O-])C[C@@H](NC(=O)OC)C5CCOCC5)[nH]4)ccc3-2)[nH]1)C1CCOCC1. The van der Waals surface area contributed by atoms with Gasteiger partial charge in [0.15, 0.2) is 5.82 Å². The molecule has 3 aromatic carbocycles. The van der Waals surface area contributed by atoms with Crippen molar-refractivity contribution in [2.75, 3.05) is 60.3 Å². The molecule has 5 aliphatic heterocycles. The number of hydroxylamine groups is 3. The van der Waals surface area contributed by atoms with Crippen molar-refractivity contribution in [2.24, 2.45) is 11.8 Å². The average Bonchev–Trinajstić information content (AvgIpc) is 4.28. The summed E-state index contributed by atoms with van der Waals surface area (Å²) in [6, 6.07) is 23.2. The number of ether oxygens (including phenoxy) is 5. The van der Waals surface area contributed by atoms with Gasteiger partial charge in [-0.15, -0.1) is 0 Å². The molecule has 71 heavy (non-hydrogen) atoms. The molecule has 0 spiro atoms. The third-order valence-electron chi connectivity index (χ3n) is 15.5. The molecule has 1 unspecified atom stereocenters. The molecule has 0 bridgehead atoms. The second-order valence-electron chi connectivity index (χ2n) is 19.6. The minimum atomic E-state index is -0.712. The molecule has 0 aliphatic carbocycles. The maximum Gasteiger partial charge on any atom is 0.407 e. The average molecular weight is 968 g/mol. The standard InChI is InChI=1S/C53H61N9O9/c1-67-52(64)58-41(32-16-22-69-23-17-32)31-62(66)21-7-11-45(62)49-55-30-40(57-49)36-12-14-38-44-27-37-26-35(13-15-42(37)61(44)51(71-46(38)28-36)34-8-4-3-5-9-34)39-29-54-48(56-39)43-10-6-20-60(43)50(63)47(59-53(65)68-2)33-18-24-70-25-19-33/h3-5,8-9,12-15,26-30,32-33,41,43,45,47,51H,6-7,10-11,16-25,31H2,1-2H3,(H,54,56)(H,55,57)(H,58,64)(H,59,65)/t41-,43+,45+,47+,51-,62?/m1/s1. The second-order valence-corrected chi connectivity index (χ2v) is 19.6. The fraction of sp³-hybridized carbons (Fsp3) is 0.453. The van der Waals surface area contributed by atoms with Crippen molar-refractivity contribution in [1.29, 1.82) is 0 Å². The number of amides is 3. The molecule has 3 amide bonds. The zero-order valence-electron chi connectivity index (χ0n) is 40.1. The molecular weight excluding hydrogens is 907 g/mol. The Kier molecular flexibility index (Phi) is 13.0. The Morgan fingerprint density at radius 3 is 2.21 bits per heavy atom. The van der Waals surface area contributed by atoms with E-state index in [9.17, 15) is 19.6 Å². The van der Waals surface area contributed by atoms with Crippen LogP contribution in [0.1, 0.15) is 86.9 Å². The first-order valence-electron chi connectivity index (χ1n) is 25.0. The monoisotopic (exact) mass is 967 g/mol. The first-order valence-corrected chi connectivity index (χ1v) is 25.0. The Morgan fingerprint density at radius 1 is 0.789 bits per heavy atom. The van der Waals surface area contributed by atoms with Gasteiger partial charge in [0.25, 0.3) is 0 Å². The fourth-order valence-electron chi connectivity index (χ4n) is 11.8. The molecule has 4 saturated heterocycles. The summed E-state index contributed by atoms with van der Waals surface area (Å²) in [6.45, 7) is 3.53. The van der Waals surface area contributed by atoms with E-state index in [0.29, 0.717) is 70.4 Å². The summed E-state index contributed by atoms with van der Waals surface area (Å²) in [4.78, 5) is 57.7. The number of rotatable bonds is 12. The van der Waals surface area contributed by atoms with Gasteiger partial charge in [-0.1, -0.05) is 42.5 Å². The Labute approximate surface area is 411 Å². The minimum Gasteiger partial charge on any atom is -0.632 e. The minimum absolute atomic E-state index is 0.0515. The lowest BCUT2D eigenvalue weighted by atomic mass is 9.90. The van der Waals surface area contributed by atoms with Gasteiger partial charge in [-0.3, -0.25) is 4.79 Å². The topological polar surface area (TPSA) is 210 Å². The summed E-state index contributed by atoms with van der Waals surface area (Å²) in [5.41, 5.74) is 7.40. The highest BCUT2D eigenvalue weighted by molar-refractivity contribution is 5.92. The van der Waals surface area contributed by atoms with E-state index < -0.39 is 35.1 Å². The number of nitrogens with zero attached hydrogens (tertiary/aromatic N) is 5. The quantitative estimate of drug-likeness (QED) is 0.0679. The van der Waals surface area contributed by atoms with Crippen LogP contribution in [-0.2, 0) is 23.7 Å². The van der Waals surface area contributed by atoms with Crippen LogP contribution in [0.2, 0.25) is 0 Å². The molecule has 4 N–H and O–H groups in total. The van der Waals surface area contributed by atoms with Crippen LogP contribution < -0.4 is 15.4 Å². The van der Waals surface area contributed by atoms with Gasteiger partial charge in [-0.2, -0.15) is 0 Å². The van der Waals surface area contributed by atoms with Gasteiger partial charge in [-0.25, -0.2) is 19.6 Å². The summed E-state index contributed by atoms with van der Waals surface area (Å²) in [6.07, 6.45) is 7.93. The number of imidazole rings is 2. The molecule has 6 atom stereocenters. The van der Waals surface area contributed by atoms with Crippen molar-refractivity contribution < 1.29 is 42.7 Å². The van der Waals surface area contributed by atoms with Gasteiger partial charge in [0.2, 0.25) is 12.1 Å². The van der Waals surface area contributed by atoms with Crippen LogP contribution in [0.3, 0.4) is 0 Å². The number of likely N-dealkylation sites (tertiary alicyclic amines) is 2. The maximum atomic E-state index is 14.7. The van der Waals surface area contributed by atoms with Crippen LogP contribution in [0.15, 0.2) is 85.2 Å². The van der Waals surface area contributed by atoms with Gasteiger partial charge in [0, 0.05) is 73.5 Å². The van der Waals surface area contributed by atoms with Gasteiger partial charge >= 0.3 is 12.2 Å². The zero-order chi connectivity index (χ0) is 48.6. The Morgan fingerprint density at radius 2 is 1.46 bits per heavy atom. The highest BCUT2D eigenvalue weighted by atomic mass is 16.6. The van der Waals surface area contributed by atoms with E-state index in [1.54, 1.807) is 6.20 Å². The van der Waals surface area contributed by atoms with Crippen LogP contribution in [0.5, 0.6) is 5.75 Å². The molecule has 3 aromatic heterocycles. The summed E-state index contributed by atoms with van der Waals surface area (Å²) in [5, 5.41) is 21.6. The fourth-order valence-corrected chi connectivity index (χ4v) is 11.8. The number of carbonyl (C=O) groups excluding carboxylic acids is 3. The molecule has 6 aromatic rings. The second kappa shape index (κ2) is 19.8. The number of hydrogen-bond acceptors (Lipinski definition) is 11. The Bertz CT molecular complexity index is 2890. The third-order valence-corrected chi connectivity index (χ3v) is 15.5. The highest BCUT2D eigenvalue weighted by Crippen LogP contribution is 2.47. The van der Waals surface area contributed by atoms with Gasteiger partial charge in [-0.05, 0) is 80.7 Å². The number of nitrogens with one attached hydrogen (secondary N) is 4. The lowest BCUT2D eigenvalue weighted by Crippen LogP contribution is -2.55. The first kappa shape index (κ1) is 46.6. The van der Waals surface area contributed by atoms with Crippen molar-refractivity contribution in [2.45, 2.75) is 81.8 Å². The lowest BCUT2D eigenvalue weighted by Gasteiger charge is -2.47. The Balaban J connectivity index is 0.863. The third kappa shape index (κ3) is 9.13. The van der Waals surface area contributed by atoms with E-state index in [0.717, 1.165) is 88.1 Å². The summed E-state index contributed by atoms with van der Waals surface area (Å²) in [5.74, 6) is 2.01. The molecule has 5 aliphatic rings. The number of H-pyrrole nitrogens is 2. The summed E-state index contributed by atoms with van der Waals surface area (Å²) >= 11 is 0. The number of aromatic amines is 2. The van der Waals surface area contributed by atoms with E-state index >= 15 is 0 Å². The van der Waals surface area contributed by atoms with Crippen LogP contribution in [0.25, 0.3) is 44.7 Å². The molecule has 18 heteroatoms. The smallest absolute Gasteiger partial charge is 0.407 e. The Hall–Kier alpha value is -6.73. The number of aromatic nitrogens is 5. The maximum absolute atomic E-state index is 14.7. The van der Waals surface area contributed by atoms with Crippen molar-refractivity contribution in [1.82, 2.24) is 40.0 Å². The van der Waals surface area contributed by atoms with Crippen LogP contribution in [0, 0.1) is 17.0 Å². The van der Waals surface area contributed by atoms with E-state index in [4.69, 9.17) is 33.7 Å². The summed E-state index contributed by atoms with van der Waals surface area (Å²) < 4.78 is 29.8. The number of methoxy groups -OCH3 is 2. The number of hydrogen-bond donors (Lipinski definition) is 4. The van der Waals surface area contributed by atoms with E-state index in [1.807, 2.05) is 35.4 Å². The highest BCUT2D eigenvalue weighted by Gasteiger charge is 2.43. The number of fused-ring (bicyclic) bond motifs is 5. The largest absolute Gasteiger partial charge is 0.632 e. The van der Waals surface area contributed by atoms with Crippen LogP contribution in [-0.4, -0.2) is 125 Å². The molecule has 372 valence electrons. The molecule has 0 saturated carbocycles. The predicted molar refractivity (Wildman–Crippen MR) is 263 cm³/mol. The zero-order valence-corrected chi connectivity index (χ0v) is 40.1. The lowest BCUT2D eigenvalue weighted by molar-refractivity contribution is -0.900. The molecule has 0 radical (unpaired) electrons. The van der Waals surface area contributed by atoms with Crippen molar-refractivity contribution in [3.05, 3.63) is 108 Å². The number of benzene rings is 3. The molecule has 4 fully saturated rings. The van der Waals surface area contributed by atoms with E-state index in [2.05, 4.69) is 73.7 Å². The van der Waals surface area contributed by atoms with E-state index in [-0.39, 0.29) is 36.4 Å². The van der Waals surface area contributed by atoms with Gasteiger partial charge in [0.1, 0.15) is 23.7 Å². The molecule has 18 nitrogen and oxygen atoms in total. The summed E-state index contributed by atoms with van der Waals surface area (Å²) in [7, 11) is 2.66. The van der Waals surface area contributed by atoms with Crippen molar-refractivity contribution >= 4 is 29.0 Å². The van der Waals surface area contributed by atoms with Crippen LogP contribution >= 0.6 is 0 Å². The van der Waals surface area contributed by atoms with Gasteiger partial charge < -0.3 is 63.6 Å².